The van der Waals surface area contributed by atoms with Crippen LogP contribution in [0.1, 0.15) is 18.6 Å². The van der Waals surface area contributed by atoms with Crippen molar-refractivity contribution in [2.24, 2.45) is 5.73 Å². The van der Waals surface area contributed by atoms with Gasteiger partial charge < -0.3 is 10.8 Å². The minimum Gasteiger partial charge on any atom is -0.387 e. The third-order valence-electron chi connectivity index (χ3n) is 1.72. The Morgan fingerprint density at radius 1 is 1.46 bits per heavy atom. The fourth-order valence-corrected chi connectivity index (χ4v) is 1.28. The van der Waals surface area contributed by atoms with E-state index in [-0.39, 0.29) is 5.02 Å². The number of aliphatic hydroxyl groups excluding tert-OH is 1. The summed E-state index contributed by atoms with van der Waals surface area (Å²) in [4.78, 5) is 0. The van der Waals surface area contributed by atoms with Gasteiger partial charge in [-0.3, -0.25) is 0 Å². The van der Waals surface area contributed by atoms with Crippen LogP contribution in [0.15, 0.2) is 18.2 Å². The minimum absolute atomic E-state index is 0.259. The first-order valence-corrected chi connectivity index (χ1v) is 4.28. The van der Waals surface area contributed by atoms with E-state index >= 15 is 0 Å². The summed E-state index contributed by atoms with van der Waals surface area (Å²) in [6.07, 6.45) is -0.881. The lowest BCUT2D eigenvalue weighted by atomic mass is 10.0. The molecule has 0 aliphatic carbocycles. The van der Waals surface area contributed by atoms with E-state index in [1.54, 1.807) is 6.92 Å². The summed E-state index contributed by atoms with van der Waals surface area (Å²) in [6.45, 7) is 1.64. The molecule has 0 saturated carbocycles. The van der Waals surface area contributed by atoms with Crippen molar-refractivity contribution < 1.29 is 9.50 Å². The smallest absolute Gasteiger partial charge is 0.125 e. The third-order valence-corrected chi connectivity index (χ3v) is 1.94. The fraction of sp³-hybridized carbons (Fsp3) is 0.333. The Balaban J connectivity index is 3.01. The number of rotatable bonds is 2. The van der Waals surface area contributed by atoms with Gasteiger partial charge in [-0.1, -0.05) is 11.6 Å². The average Bonchev–Trinajstić information content (AvgIpc) is 2.01. The number of nitrogens with two attached hydrogens (primary N) is 1. The number of halogens is 2. The highest BCUT2D eigenvalue weighted by atomic mass is 35.5. The molecular weight excluding hydrogens is 193 g/mol. The number of benzene rings is 1. The van der Waals surface area contributed by atoms with Gasteiger partial charge in [-0.25, -0.2) is 4.39 Å². The van der Waals surface area contributed by atoms with Crippen molar-refractivity contribution >= 4 is 11.6 Å². The topological polar surface area (TPSA) is 46.2 Å². The average molecular weight is 204 g/mol. The highest BCUT2D eigenvalue weighted by Crippen LogP contribution is 2.21. The molecule has 72 valence electrons. The maximum absolute atomic E-state index is 12.8. The lowest BCUT2D eigenvalue weighted by Gasteiger charge is -2.14. The second-order valence-electron chi connectivity index (χ2n) is 3.01. The Kier molecular flexibility index (Phi) is 3.25. The molecule has 0 spiro atoms. The van der Waals surface area contributed by atoms with Crippen LogP contribution in [0.4, 0.5) is 4.39 Å². The Bertz CT molecular complexity index is 283. The van der Waals surface area contributed by atoms with Crippen molar-refractivity contribution in [1.82, 2.24) is 0 Å². The number of hydrogen-bond donors (Lipinski definition) is 2. The fourth-order valence-electron chi connectivity index (χ4n) is 1.05. The van der Waals surface area contributed by atoms with Gasteiger partial charge in [0.25, 0.3) is 0 Å². The molecule has 0 aliphatic heterocycles. The third kappa shape index (κ3) is 2.66. The maximum Gasteiger partial charge on any atom is 0.125 e. The molecule has 0 saturated heterocycles. The van der Waals surface area contributed by atoms with E-state index in [1.165, 1.54) is 18.2 Å². The molecule has 0 heterocycles. The molecule has 3 N–H and O–H groups in total. The van der Waals surface area contributed by atoms with Crippen molar-refractivity contribution in [3.63, 3.8) is 0 Å². The largest absolute Gasteiger partial charge is 0.387 e. The van der Waals surface area contributed by atoms with Gasteiger partial charge in [0.05, 0.1) is 6.10 Å². The van der Waals surface area contributed by atoms with Gasteiger partial charge in [0.1, 0.15) is 5.82 Å². The summed E-state index contributed by atoms with van der Waals surface area (Å²) in [6, 6.07) is 3.45. The van der Waals surface area contributed by atoms with E-state index in [0.29, 0.717) is 5.56 Å². The van der Waals surface area contributed by atoms with Gasteiger partial charge in [-0.15, -0.1) is 0 Å². The van der Waals surface area contributed by atoms with Gasteiger partial charge in [-0.05, 0) is 30.7 Å². The SMILES string of the molecule is C[C@H](N)[C@@H](O)c1cc(F)cc(Cl)c1. The van der Waals surface area contributed by atoms with E-state index < -0.39 is 18.0 Å². The van der Waals surface area contributed by atoms with Crippen molar-refractivity contribution in [1.29, 1.82) is 0 Å². The summed E-state index contributed by atoms with van der Waals surface area (Å²) in [5, 5.41) is 9.76. The minimum atomic E-state index is -0.881. The zero-order chi connectivity index (χ0) is 10.0. The molecule has 2 nitrogen and oxygen atoms in total. The van der Waals surface area contributed by atoms with Crippen LogP contribution < -0.4 is 5.73 Å². The predicted octanol–water partition coefficient (Wildman–Crippen LogP) is 1.86. The first kappa shape index (κ1) is 10.4. The van der Waals surface area contributed by atoms with Crippen molar-refractivity contribution in [3.8, 4) is 0 Å². The maximum atomic E-state index is 12.8. The molecule has 13 heavy (non-hydrogen) atoms. The van der Waals surface area contributed by atoms with Crippen LogP contribution in [0.3, 0.4) is 0 Å². The Hall–Kier alpha value is -0.640. The lowest BCUT2D eigenvalue weighted by Crippen LogP contribution is -2.24. The zero-order valence-electron chi connectivity index (χ0n) is 7.17. The first-order chi connectivity index (χ1) is 6.00. The van der Waals surface area contributed by atoms with Crippen LogP contribution in [-0.4, -0.2) is 11.1 Å². The molecule has 0 aromatic heterocycles. The molecule has 0 unspecified atom stereocenters. The van der Waals surface area contributed by atoms with E-state index in [0.717, 1.165) is 0 Å². The summed E-state index contributed by atoms with van der Waals surface area (Å²) in [5.74, 6) is -0.470. The van der Waals surface area contributed by atoms with E-state index in [4.69, 9.17) is 17.3 Å². The van der Waals surface area contributed by atoms with Gasteiger partial charge in [-0.2, -0.15) is 0 Å². The van der Waals surface area contributed by atoms with Crippen LogP contribution in [0.2, 0.25) is 5.02 Å². The van der Waals surface area contributed by atoms with Gasteiger partial charge in [0.2, 0.25) is 0 Å². The summed E-state index contributed by atoms with van der Waals surface area (Å²) in [7, 11) is 0. The second kappa shape index (κ2) is 4.05. The van der Waals surface area contributed by atoms with Crippen molar-refractivity contribution in [2.75, 3.05) is 0 Å². The lowest BCUT2D eigenvalue weighted by molar-refractivity contribution is 0.153. The van der Waals surface area contributed by atoms with Crippen molar-refractivity contribution in [2.45, 2.75) is 19.1 Å². The summed E-state index contributed by atoms with van der Waals surface area (Å²) >= 11 is 5.61. The molecule has 2 atom stereocenters. The second-order valence-corrected chi connectivity index (χ2v) is 3.44. The van der Waals surface area contributed by atoms with Gasteiger partial charge in [0.15, 0.2) is 0 Å². The predicted molar refractivity (Wildman–Crippen MR) is 50.0 cm³/mol. The van der Waals surface area contributed by atoms with E-state index in [9.17, 15) is 9.50 Å². The molecule has 4 heteroatoms. The summed E-state index contributed by atoms with van der Waals surface area (Å²) < 4.78 is 12.8. The van der Waals surface area contributed by atoms with Crippen LogP contribution in [0.5, 0.6) is 0 Å². The molecule has 1 rings (SSSR count). The quantitative estimate of drug-likeness (QED) is 0.771. The highest BCUT2D eigenvalue weighted by molar-refractivity contribution is 6.30. The normalized spacial score (nSPS) is 15.5. The summed E-state index contributed by atoms with van der Waals surface area (Å²) in [5.41, 5.74) is 5.86. The van der Waals surface area contributed by atoms with Crippen LogP contribution in [-0.2, 0) is 0 Å². The van der Waals surface area contributed by atoms with E-state index in [1.807, 2.05) is 0 Å². The van der Waals surface area contributed by atoms with Gasteiger partial charge in [0, 0.05) is 11.1 Å². The molecule has 0 radical (unpaired) electrons. The molecule has 0 bridgehead atoms. The Labute approximate surface area is 81.1 Å². The zero-order valence-corrected chi connectivity index (χ0v) is 7.92. The molecule has 0 fully saturated rings. The highest BCUT2D eigenvalue weighted by Gasteiger charge is 2.13. The Morgan fingerprint density at radius 2 is 2.08 bits per heavy atom. The standard InChI is InChI=1S/C9H11ClFNO/c1-5(12)9(13)6-2-7(10)4-8(11)3-6/h2-5,9,13H,12H2,1H3/t5-,9+/m0/s1. The first-order valence-electron chi connectivity index (χ1n) is 3.90. The Morgan fingerprint density at radius 3 is 2.54 bits per heavy atom. The van der Waals surface area contributed by atoms with Crippen molar-refractivity contribution in [3.05, 3.63) is 34.6 Å². The monoisotopic (exact) mass is 203 g/mol. The van der Waals surface area contributed by atoms with E-state index in [2.05, 4.69) is 0 Å². The molecule has 0 aliphatic rings. The number of hydrogen-bond acceptors (Lipinski definition) is 2. The molecule has 1 aromatic carbocycles. The molecule has 0 amide bonds. The van der Waals surface area contributed by atoms with Crippen LogP contribution in [0, 0.1) is 5.82 Å². The number of aliphatic hydroxyl groups is 1. The van der Waals surface area contributed by atoms with Crippen LogP contribution >= 0.6 is 11.6 Å². The molecular formula is C9H11ClFNO. The van der Waals surface area contributed by atoms with Crippen LogP contribution in [0.25, 0.3) is 0 Å². The molecule has 1 aromatic rings. The van der Waals surface area contributed by atoms with Gasteiger partial charge >= 0.3 is 0 Å².